The zero-order valence-electron chi connectivity index (χ0n) is 12.2. The fourth-order valence-corrected chi connectivity index (χ4v) is 4.17. The second kappa shape index (κ2) is 5.81. The number of hydrogen-bond acceptors (Lipinski definition) is 4. The van der Waals surface area contributed by atoms with Crippen molar-refractivity contribution >= 4 is 31.5 Å². The van der Waals surface area contributed by atoms with E-state index < -0.39 is 9.84 Å². The highest BCUT2D eigenvalue weighted by Gasteiger charge is 2.22. The summed E-state index contributed by atoms with van der Waals surface area (Å²) in [4.78, 5) is 0.280. The molecule has 1 heterocycles. The molecule has 0 amide bonds. The van der Waals surface area contributed by atoms with Crippen LogP contribution in [-0.2, 0) is 22.1 Å². The van der Waals surface area contributed by atoms with Crippen molar-refractivity contribution in [2.45, 2.75) is 38.0 Å². The lowest BCUT2D eigenvalue weighted by atomic mass is 10.2. The molecule has 114 valence electrons. The van der Waals surface area contributed by atoms with Gasteiger partial charge in [0.05, 0.1) is 26.5 Å². The minimum absolute atomic E-state index is 0.0916. The number of nitrogens with zero attached hydrogens (tertiary/aromatic N) is 2. The van der Waals surface area contributed by atoms with Gasteiger partial charge in [-0.1, -0.05) is 0 Å². The van der Waals surface area contributed by atoms with Crippen molar-refractivity contribution < 1.29 is 8.42 Å². The number of sulfone groups is 1. The number of hydrogen-bond donors (Lipinski definition) is 1. The zero-order valence-corrected chi connectivity index (χ0v) is 14.6. The molecule has 0 spiro atoms. The van der Waals surface area contributed by atoms with Gasteiger partial charge in [0.2, 0.25) is 0 Å². The van der Waals surface area contributed by atoms with Gasteiger partial charge in [-0.3, -0.25) is 4.68 Å². The van der Waals surface area contributed by atoms with Gasteiger partial charge in [-0.25, -0.2) is 8.42 Å². The van der Waals surface area contributed by atoms with Crippen LogP contribution in [0.15, 0.2) is 27.6 Å². The number of aromatic nitrogens is 2. The maximum atomic E-state index is 12.6. The number of rotatable bonds is 4. The Morgan fingerprint density at radius 2 is 2.00 bits per heavy atom. The molecule has 2 aromatic rings. The van der Waals surface area contributed by atoms with Crippen LogP contribution >= 0.6 is 15.9 Å². The Hall–Kier alpha value is -1.34. The quantitative estimate of drug-likeness (QED) is 0.838. The molecule has 2 rings (SSSR count). The van der Waals surface area contributed by atoms with E-state index in [1.165, 1.54) is 0 Å². The molecule has 0 aliphatic heterocycles. The third-order valence-corrected chi connectivity index (χ3v) is 6.04. The van der Waals surface area contributed by atoms with Crippen molar-refractivity contribution in [3.8, 4) is 0 Å². The monoisotopic (exact) mass is 371 g/mol. The number of nitrogen functional groups attached to an aromatic ring is 1. The Bertz CT molecular complexity index is 782. The zero-order chi connectivity index (χ0) is 15.8. The second-order valence-electron chi connectivity index (χ2n) is 4.94. The van der Waals surface area contributed by atoms with Gasteiger partial charge in [0.15, 0.2) is 9.84 Å². The van der Waals surface area contributed by atoms with Gasteiger partial charge in [0.1, 0.15) is 0 Å². The standard InChI is InChI=1S/C14H18BrN3O2S/c1-4-18-13(14(15)10(3)17-18)8-21(19,20)11-5-6-12(16)9(2)7-11/h5-7H,4,8,16H2,1-3H3. The minimum Gasteiger partial charge on any atom is -0.399 e. The van der Waals surface area contributed by atoms with E-state index in [1.807, 2.05) is 13.8 Å². The highest BCUT2D eigenvalue weighted by Crippen LogP contribution is 2.26. The molecule has 0 aliphatic carbocycles. The van der Waals surface area contributed by atoms with Crippen LogP contribution < -0.4 is 5.73 Å². The molecular formula is C14H18BrN3O2S. The van der Waals surface area contributed by atoms with Crippen molar-refractivity contribution in [3.05, 3.63) is 39.6 Å². The number of anilines is 1. The van der Waals surface area contributed by atoms with Crippen LogP contribution in [0.1, 0.15) is 23.9 Å². The Morgan fingerprint density at radius 3 is 2.57 bits per heavy atom. The molecule has 1 aromatic carbocycles. The first-order valence-electron chi connectivity index (χ1n) is 6.57. The molecule has 21 heavy (non-hydrogen) atoms. The first kappa shape index (κ1) is 16.0. The van der Waals surface area contributed by atoms with Gasteiger partial charge in [-0.05, 0) is 60.5 Å². The number of benzene rings is 1. The summed E-state index contributed by atoms with van der Waals surface area (Å²) in [7, 11) is -3.44. The lowest BCUT2D eigenvalue weighted by molar-refractivity contribution is 0.585. The van der Waals surface area contributed by atoms with Crippen molar-refractivity contribution in [3.63, 3.8) is 0 Å². The Balaban J connectivity index is 2.44. The Labute approximate surface area is 133 Å². The largest absolute Gasteiger partial charge is 0.399 e. The van der Waals surface area contributed by atoms with E-state index in [2.05, 4.69) is 21.0 Å². The molecule has 0 aliphatic rings. The third-order valence-electron chi connectivity index (χ3n) is 3.38. The number of halogens is 1. The molecule has 0 atom stereocenters. The summed E-state index contributed by atoms with van der Waals surface area (Å²) >= 11 is 3.43. The van der Waals surface area contributed by atoms with Crippen LogP contribution in [-0.4, -0.2) is 18.2 Å². The highest BCUT2D eigenvalue weighted by molar-refractivity contribution is 9.10. The average molecular weight is 372 g/mol. The maximum Gasteiger partial charge on any atom is 0.184 e. The van der Waals surface area contributed by atoms with Crippen molar-refractivity contribution in [2.24, 2.45) is 0 Å². The lowest BCUT2D eigenvalue weighted by Gasteiger charge is -2.09. The van der Waals surface area contributed by atoms with Gasteiger partial charge in [0.25, 0.3) is 0 Å². The molecule has 7 heteroatoms. The van der Waals surface area contributed by atoms with Gasteiger partial charge < -0.3 is 5.73 Å². The molecule has 0 saturated carbocycles. The highest BCUT2D eigenvalue weighted by atomic mass is 79.9. The summed E-state index contributed by atoms with van der Waals surface area (Å²) in [6.45, 7) is 6.20. The Morgan fingerprint density at radius 1 is 1.33 bits per heavy atom. The summed E-state index contributed by atoms with van der Waals surface area (Å²) in [6, 6.07) is 4.78. The SMILES string of the molecule is CCn1nc(C)c(Br)c1CS(=O)(=O)c1ccc(N)c(C)c1. The normalized spacial score (nSPS) is 11.8. The molecular weight excluding hydrogens is 354 g/mol. The predicted octanol–water partition coefficient (Wildman–Crippen LogP) is 2.84. The third kappa shape index (κ3) is 3.13. The van der Waals surface area contributed by atoms with E-state index >= 15 is 0 Å². The van der Waals surface area contributed by atoms with Crippen LogP contribution in [0.4, 0.5) is 5.69 Å². The topological polar surface area (TPSA) is 78.0 Å². The van der Waals surface area contributed by atoms with Crippen molar-refractivity contribution in [1.29, 1.82) is 0 Å². The molecule has 0 bridgehead atoms. The minimum atomic E-state index is -3.44. The van der Waals surface area contributed by atoms with E-state index in [0.717, 1.165) is 15.7 Å². The molecule has 0 radical (unpaired) electrons. The van der Waals surface area contributed by atoms with E-state index in [-0.39, 0.29) is 10.6 Å². The van der Waals surface area contributed by atoms with E-state index in [4.69, 9.17) is 5.73 Å². The second-order valence-corrected chi connectivity index (χ2v) is 7.72. The van der Waals surface area contributed by atoms with Gasteiger partial charge in [0, 0.05) is 12.2 Å². The maximum absolute atomic E-state index is 12.6. The van der Waals surface area contributed by atoms with Crippen molar-refractivity contribution in [1.82, 2.24) is 9.78 Å². The molecule has 0 fully saturated rings. The molecule has 5 nitrogen and oxygen atoms in total. The predicted molar refractivity (Wildman–Crippen MR) is 86.8 cm³/mol. The molecule has 0 saturated heterocycles. The van der Waals surface area contributed by atoms with Crippen LogP contribution in [0.25, 0.3) is 0 Å². The van der Waals surface area contributed by atoms with Gasteiger partial charge >= 0.3 is 0 Å². The number of aryl methyl sites for hydroxylation is 3. The summed E-state index contributed by atoms with van der Waals surface area (Å²) in [5.41, 5.74) is 8.55. The van der Waals surface area contributed by atoms with Crippen LogP contribution in [0.3, 0.4) is 0 Å². The first-order valence-corrected chi connectivity index (χ1v) is 9.01. The molecule has 0 unspecified atom stereocenters. The fourth-order valence-electron chi connectivity index (χ4n) is 2.11. The Kier molecular flexibility index (Phi) is 4.43. The summed E-state index contributed by atoms with van der Waals surface area (Å²) in [6.07, 6.45) is 0. The van der Waals surface area contributed by atoms with Gasteiger partial charge in [-0.2, -0.15) is 5.10 Å². The van der Waals surface area contributed by atoms with E-state index in [0.29, 0.717) is 17.9 Å². The van der Waals surface area contributed by atoms with E-state index in [9.17, 15) is 8.42 Å². The number of nitrogens with two attached hydrogens (primary N) is 1. The lowest BCUT2D eigenvalue weighted by Crippen LogP contribution is -2.11. The first-order chi connectivity index (χ1) is 9.76. The van der Waals surface area contributed by atoms with E-state index in [1.54, 1.807) is 29.8 Å². The average Bonchev–Trinajstić information content (AvgIpc) is 2.69. The smallest absolute Gasteiger partial charge is 0.184 e. The summed E-state index contributed by atoms with van der Waals surface area (Å²) in [5.74, 6) is -0.0916. The van der Waals surface area contributed by atoms with Crippen molar-refractivity contribution in [2.75, 3.05) is 5.73 Å². The summed E-state index contributed by atoms with van der Waals surface area (Å²) < 4.78 is 27.6. The van der Waals surface area contributed by atoms with Gasteiger partial charge in [-0.15, -0.1) is 0 Å². The summed E-state index contributed by atoms with van der Waals surface area (Å²) in [5, 5.41) is 4.32. The fraction of sp³-hybridized carbons (Fsp3) is 0.357. The van der Waals surface area contributed by atoms with Crippen LogP contribution in [0, 0.1) is 13.8 Å². The molecule has 2 N–H and O–H groups in total. The molecule has 1 aromatic heterocycles. The van der Waals surface area contributed by atoms with Crippen LogP contribution in [0.5, 0.6) is 0 Å². The van der Waals surface area contributed by atoms with Crippen LogP contribution in [0.2, 0.25) is 0 Å².